The van der Waals surface area contributed by atoms with E-state index in [1.807, 2.05) is 6.92 Å². The first-order valence-corrected chi connectivity index (χ1v) is 6.94. The lowest BCUT2D eigenvalue weighted by Crippen LogP contribution is -2.12. The van der Waals surface area contributed by atoms with Crippen molar-refractivity contribution in [3.05, 3.63) is 44.6 Å². The summed E-state index contributed by atoms with van der Waals surface area (Å²) in [6, 6.07) is 5.17. The second kappa shape index (κ2) is 5.24. The molecule has 94 valence electrons. The summed E-state index contributed by atoms with van der Waals surface area (Å²) < 4.78 is 3.06. The highest BCUT2D eigenvalue weighted by molar-refractivity contribution is 9.10. The van der Waals surface area contributed by atoms with Crippen molar-refractivity contribution in [1.82, 2.24) is 9.78 Å². The van der Waals surface area contributed by atoms with Gasteiger partial charge in [-0.25, -0.2) is 0 Å². The van der Waals surface area contributed by atoms with Crippen LogP contribution in [0.3, 0.4) is 0 Å². The molecule has 0 radical (unpaired) electrons. The third-order valence-electron chi connectivity index (χ3n) is 2.54. The van der Waals surface area contributed by atoms with Crippen molar-refractivity contribution in [2.75, 3.05) is 5.73 Å². The zero-order chi connectivity index (χ0) is 13.3. The Hall–Kier alpha value is -1.14. The summed E-state index contributed by atoms with van der Waals surface area (Å²) in [5.41, 5.74) is 7.34. The summed E-state index contributed by atoms with van der Waals surface area (Å²) in [6.07, 6.45) is 1.62. The molecule has 0 aliphatic heterocycles. The van der Waals surface area contributed by atoms with Crippen LogP contribution in [0.2, 0.25) is 0 Å². The average molecular weight is 373 g/mol. The van der Waals surface area contributed by atoms with Crippen molar-refractivity contribution in [3.8, 4) is 0 Å². The van der Waals surface area contributed by atoms with Gasteiger partial charge in [0.1, 0.15) is 5.69 Å². The molecule has 2 rings (SSSR count). The molecular weight excluding hydrogens is 362 g/mol. The van der Waals surface area contributed by atoms with Gasteiger partial charge in [-0.05, 0) is 41.1 Å². The number of ketones is 1. The minimum absolute atomic E-state index is 0.111. The van der Waals surface area contributed by atoms with Crippen LogP contribution < -0.4 is 5.73 Å². The van der Waals surface area contributed by atoms with Crippen LogP contribution >= 0.6 is 31.9 Å². The van der Waals surface area contributed by atoms with Gasteiger partial charge in [0.25, 0.3) is 0 Å². The molecule has 18 heavy (non-hydrogen) atoms. The normalized spacial score (nSPS) is 10.6. The zero-order valence-electron chi connectivity index (χ0n) is 9.65. The van der Waals surface area contributed by atoms with E-state index in [2.05, 4.69) is 37.0 Å². The molecule has 0 amide bonds. The predicted octanol–water partition coefficient (Wildman–Crippen LogP) is 3.24. The van der Waals surface area contributed by atoms with Crippen LogP contribution in [0.15, 0.2) is 33.3 Å². The first-order chi connectivity index (χ1) is 8.54. The van der Waals surface area contributed by atoms with Gasteiger partial charge in [0, 0.05) is 22.3 Å². The van der Waals surface area contributed by atoms with Crippen molar-refractivity contribution in [3.63, 3.8) is 0 Å². The van der Waals surface area contributed by atoms with E-state index in [4.69, 9.17) is 5.73 Å². The van der Waals surface area contributed by atoms with Gasteiger partial charge >= 0.3 is 0 Å². The van der Waals surface area contributed by atoms with Gasteiger partial charge in [-0.15, -0.1) is 0 Å². The standard InChI is InChI=1S/C12H11Br2N3O/c1-2-17-11(10(14)6-16-17)12(18)8-5-7(15)3-4-9(8)13/h3-6H,2,15H2,1H3. The van der Waals surface area contributed by atoms with E-state index < -0.39 is 0 Å². The molecule has 0 aliphatic rings. The number of carbonyl (C=O) groups is 1. The molecule has 2 N–H and O–H groups in total. The summed E-state index contributed by atoms with van der Waals surface area (Å²) in [5.74, 6) is -0.111. The highest BCUT2D eigenvalue weighted by atomic mass is 79.9. The van der Waals surface area contributed by atoms with Gasteiger partial charge in [0.15, 0.2) is 0 Å². The van der Waals surface area contributed by atoms with E-state index in [0.29, 0.717) is 28.0 Å². The number of nitrogens with zero attached hydrogens (tertiary/aromatic N) is 2. The highest BCUT2D eigenvalue weighted by Crippen LogP contribution is 2.26. The summed E-state index contributed by atoms with van der Waals surface area (Å²) in [6.45, 7) is 2.57. The number of benzene rings is 1. The zero-order valence-corrected chi connectivity index (χ0v) is 12.8. The Labute approximate surface area is 121 Å². The van der Waals surface area contributed by atoms with Gasteiger partial charge in [0.2, 0.25) is 5.78 Å². The summed E-state index contributed by atoms with van der Waals surface area (Å²) in [4.78, 5) is 12.5. The topological polar surface area (TPSA) is 60.9 Å². The fraction of sp³-hybridized carbons (Fsp3) is 0.167. The van der Waals surface area contributed by atoms with Gasteiger partial charge in [0.05, 0.1) is 10.7 Å². The van der Waals surface area contributed by atoms with Crippen LogP contribution in [0.4, 0.5) is 5.69 Å². The maximum Gasteiger partial charge on any atom is 0.213 e. The van der Waals surface area contributed by atoms with Crippen LogP contribution in [0.1, 0.15) is 23.0 Å². The van der Waals surface area contributed by atoms with E-state index in [1.54, 1.807) is 29.1 Å². The first-order valence-electron chi connectivity index (χ1n) is 5.35. The van der Waals surface area contributed by atoms with Crippen molar-refractivity contribution in [1.29, 1.82) is 0 Å². The molecule has 0 spiro atoms. The maximum atomic E-state index is 12.5. The Balaban J connectivity index is 2.54. The molecule has 1 aromatic carbocycles. The van der Waals surface area contributed by atoms with Crippen LogP contribution in [0.5, 0.6) is 0 Å². The lowest BCUT2D eigenvalue weighted by atomic mass is 10.1. The van der Waals surface area contributed by atoms with Crippen LogP contribution in [-0.2, 0) is 6.54 Å². The van der Waals surface area contributed by atoms with E-state index in [9.17, 15) is 4.79 Å². The maximum absolute atomic E-state index is 12.5. The SMILES string of the molecule is CCn1ncc(Br)c1C(=O)c1cc(N)ccc1Br. The molecule has 0 fully saturated rings. The van der Waals surface area contributed by atoms with E-state index in [1.165, 1.54) is 0 Å². The second-order valence-corrected chi connectivity index (χ2v) is 5.43. The molecular formula is C12H11Br2N3O. The fourth-order valence-electron chi connectivity index (χ4n) is 1.67. The van der Waals surface area contributed by atoms with E-state index in [-0.39, 0.29) is 5.78 Å². The van der Waals surface area contributed by atoms with E-state index >= 15 is 0 Å². The number of rotatable bonds is 3. The number of nitrogen functional groups attached to an aromatic ring is 1. The molecule has 2 aromatic rings. The molecule has 4 nitrogen and oxygen atoms in total. The highest BCUT2D eigenvalue weighted by Gasteiger charge is 2.20. The Morgan fingerprint density at radius 1 is 1.39 bits per heavy atom. The molecule has 0 saturated heterocycles. The van der Waals surface area contributed by atoms with E-state index in [0.717, 1.165) is 4.47 Å². The molecule has 0 atom stereocenters. The van der Waals surface area contributed by atoms with Crippen molar-refractivity contribution < 1.29 is 4.79 Å². The summed E-state index contributed by atoms with van der Waals surface area (Å²) in [5, 5.41) is 4.14. The number of aryl methyl sites for hydroxylation is 1. The average Bonchev–Trinajstić information content (AvgIpc) is 2.72. The second-order valence-electron chi connectivity index (χ2n) is 3.73. The quantitative estimate of drug-likeness (QED) is 0.664. The third kappa shape index (κ3) is 2.35. The Bertz CT molecular complexity index is 607. The minimum Gasteiger partial charge on any atom is -0.399 e. The van der Waals surface area contributed by atoms with Gasteiger partial charge in [-0.2, -0.15) is 5.10 Å². The van der Waals surface area contributed by atoms with Crippen molar-refractivity contribution in [2.45, 2.75) is 13.5 Å². The number of nitrogens with two attached hydrogens (primary N) is 1. The Morgan fingerprint density at radius 3 is 2.78 bits per heavy atom. The number of hydrogen-bond donors (Lipinski definition) is 1. The minimum atomic E-state index is -0.111. The Morgan fingerprint density at radius 2 is 2.11 bits per heavy atom. The molecule has 1 heterocycles. The molecule has 1 aromatic heterocycles. The van der Waals surface area contributed by atoms with Crippen molar-refractivity contribution >= 4 is 43.3 Å². The smallest absolute Gasteiger partial charge is 0.213 e. The van der Waals surface area contributed by atoms with Crippen LogP contribution in [0, 0.1) is 0 Å². The van der Waals surface area contributed by atoms with Gasteiger partial charge in [-0.3, -0.25) is 9.48 Å². The molecule has 6 heteroatoms. The largest absolute Gasteiger partial charge is 0.399 e. The molecule has 0 bridgehead atoms. The van der Waals surface area contributed by atoms with Crippen LogP contribution in [0.25, 0.3) is 0 Å². The van der Waals surface area contributed by atoms with Crippen molar-refractivity contribution in [2.24, 2.45) is 0 Å². The number of anilines is 1. The monoisotopic (exact) mass is 371 g/mol. The number of halogens is 2. The summed E-state index contributed by atoms with van der Waals surface area (Å²) >= 11 is 6.71. The lowest BCUT2D eigenvalue weighted by Gasteiger charge is -2.07. The number of aromatic nitrogens is 2. The first kappa shape index (κ1) is 13.3. The van der Waals surface area contributed by atoms with Gasteiger partial charge in [-0.1, -0.05) is 15.9 Å². The number of carbonyl (C=O) groups excluding carboxylic acids is 1. The molecule has 0 aliphatic carbocycles. The fourth-order valence-corrected chi connectivity index (χ4v) is 2.58. The summed E-state index contributed by atoms with van der Waals surface area (Å²) in [7, 11) is 0. The lowest BCUT2D eigenvalue weighted by molar-refractivity contribution is 0.102. The Kier molecular flexibility index (Phi) is 3.87. The third-order valence-corrected chi connectivity index (χ3v) is 3.82. The predicted molar refractivity (Wildman–Crippen MR) is 77.6 cm³/mol. The van der Waals surface area contributed by atoms with Crippen LogP contribution in [-0.4, -0.2) is 15.6 Å². The van der Waals surface area contributed by atoms with Gasteiger partial charge < -0.3 is 5.73 Å². The molecule has 0 unspecified atom stereocenters. The molecule has 0 saturated carbocycles. The number of hydrogen-bond acceptors (Lipinski definition) is 3.